The van der Waals surface area contributed by atoms with Crippen molar-refractivity contribution in [3.63, 3.8) is 0 Å². The largest absolute Gasteiger partial charge is 0.323 e. The maximum absolute atomic E-state index is 12.8. The molecule has 0 heterocycles. The third kappa shape index (κ3) is 3.90. The second kappa shape index (κ2) is 6.12. The molecule has 0 fully saturated rings. The number of carbonyl (C=O) groups is 1. The van der Waals surface area contributed by atoms with Crippen LogP contribution in [0.25, 0.3) is 0 Å². The number of rotatable bonds is 3. The molecule has 0 unspecified atom stereocenters. The summed E-state index contributed by atoms with van der Waals surface area (Å²) in [6.07, 6.45) is 4.18. The van der Waals surface area contributed by atoms with Gasteiger partial charge >= 0.3 is 6.03 Å². The summed E-state index contributed by atoms with van der Waals surface area (Å²) >= 11 is 5.56. The van der Waals surface area contributed by atoms with E-state index in [1.165, 1.54) is 18.2 Å². The van der Waals surface area contributed by atoms with Crippen molar-refractivity contribution >= 4 is 23.3 Å². The molecule has 5 heteroatoms. The van der Waals surface area contributed by atoms with Gasteiger partial charge in [-0.3, -0.25) is 0 Å². The summed E-state index contributed by atoms with van der Waals surface area (Å²) in [4.78, 5) is 11.3. The summed E-state index contributed by atoms with van der Waals surface area (Å²) in [6.45, 7) is 1.95. The van der Waals surface area contributed by atoms with Crippen LogP contribution < -0.4 is 10.6 Å². The van der Waals surface area contributed by atoms with E-state index in [2.05, 4.69) is 10.6 Å². The van der Waals surface area contributed by atoms with E-state index < -0.39 is 11.8 Å². The Kier molecular flexibility index (Phi) is 4.79. The fourth-order valence-electron chi connectivity index (χ4n) is 0.994. The Labute approximate surface area is 98.3 Å². The lowest BCUT2D eigenvalue weighted by atomic mass is 10.3. The molecule has 1 aromatic rings. The van der Waals surface area contributed by atoms with Crippen LogP contribution >= 0.6 is 11.6 Å². The van der Waals surface area contributed by atoms with Crippen molar-refractivity contribution in [3.05, 3.63) is 41.3 Å². The fourth-order valence-corrected chi connectivity index (χ4v) is 1.17. The number of hydrogen-bond acceptors (Lipinski definition) is 1. The standard InChI is InChI=1S/C11H12ClFN2O/c1-2-3-6-14-11(16)15-8-4-5-10(13)9(12)7-8/h3-7H,2H2,1H3,(H2,14,15,16)/b6-3+. The summed E-state index contributed by atoms with van der Waals surface area (Å²) in [5.74, 6) is -0.515. The van der Waals surface area contributed by atoms with E-state index in [4.69, 9.17) is 11.6 Å². The summed E-state index contributed by atoms with van der Waals surface area (Å²) in [5.41, 5.74) is 0.439. The van der Waals surface area contributed by atoms with Crippen LogP contribution in [0, 0.1) is 5.82 Å². The Morgan fingerprint density at radius 1 is 1.56 bits per heavy atom. The van der Waals surface area contributed by atoms with Gasteiger partial charge in [-0.2, -0.15) is 0 Å². The molecule has 0 saturated carbocycles. The first kappa shape index (κ1) is 12.5. The van der Waals surface area contributed by atoms with Crippen LogP contribution in [0.1, 0.15) is 13.3 Å². The average molecular weight is 243 g/mol. The van der Waals surface area contributed by atoms with E-state index in [1.54, 1.807) is 12.3 Å². The number of allylic oxidation sites excluding steroid dienone is 1. The molecule has 3 nitrogen and oxygen atoms in total. The van der Waals surface area contributed by atoms with Crippen LogP contribution in [0.3, 0.4) is 0 Å². The van der Waals surface area contributed by atoms with Crippen molar-refractivity contribution < 1.29 is 9.18 Å². The highest BCUT2D eigenvalue weighted by atomic mass is 35.5. The van der Waals surface area contributed by atoms with Crippen LogP contribution in [0.2, 0.25) is 5.02 Å². The molecule has 0 radical (unpaired) electrons. The van der Waals surface area contributed by atoms with Gasteiger partial charge in [-0.1, -0.05) is 24.6 Å². The SMILES string of the molecule is CC/C=C/NC(=O)Nc1ccc(F)c(Cl)c1. The zero-order chi connectivity index (χ0) is 12.0. The van der Waals surface area contributed by atoms with Gasteiger partial charge in [0, 0.05) is 11.9 Å². The van der Waals surface area contributed by atoms with Crippen LogP contribution in [-0.2, 0) is 0 Å². The fraction of sp³-hybridized carbons (Fsp3) is 0.182. The van der Waals surface area contributed by atoms with Crippen LogP contribution in [0.5, 0.6) is 0 Å². The van der Waals surface area contributed by atoms with E-state index in [0.29, 0.717) is 5.69 Å². The normalized spacial score (nSPS) is 10.4. The molecule has 0 spiro atoms. The maximum atomic E-state index is 12.8. The molecule has 0 aliphatic carbocycles. The Morgan fingerprint density at radius 2 is 2.31 bits per heavy atom. The minimum absolute atomic E-state index is 0.0260. The van der Waals surface area contributed by atoms with Crippen molar-refractivity contribution in [2.75, 3.05) is 5.32 Å². The number of benzene rings is 1. The Balaban J connectivity index is 2.56. The first-order chi connectivity index (χ1) is 7.63. The van der Waals surface area contributed by atoms with E-state index in [-0.39, 0.29) is 5.02 Å². The van der Waals surface area contributed by atoms with E-state index in [9.17, 15) is 9.18 Å². The molecular weight excluding hydrogens is 231 g/mol. The summed E-state index contributed by atoms with van der Waals surface area (Å²) in [5, 5.41) is 4.99. The number of nitrogens with one attached hydrogen (secondary N) is 2. The lowest BCUT2D eigenvalue weighted by molar-refractivity contribution is 0.255. The molecule has 16 heavy (non-hydrogen) atoms. The van der Waals surface area contributed by atoms with Gasteiger partial charge in [-0.05, 0) is 24.6 Å². The van der Waals surface area contributed by atoms with Crippen molar-refractivity contribution in [3.8, 4) is 0 Å². The summed E-state index contributed by atoms with van der Waals surface area (Å²) in [7, 11) is 0. The Morgan fingerprint density at radius 3 is 2.94 bits per heavy atom. The Hall–Kier alpha value is -1.55. The van der Waals surface area contributed by atoms with Gasteiger partial charge in [0.15, 0.2) is 0 Å². The molecule has 0 aromatic heterocycles. The lowest BCUT2D eigenvalue weighted by Crippen LogP contribution is -2.23. The quantitative estimate of drug-likeness (QED) is 0.837. The van der Waals surface area contributed by atoms with Crippen molar-refractivity contribution in [2.45, 2.75) is 13.3 Å². The topological polar surface area (TPSA) is 41.1 Å². The van der Waals surface area contributed by atoms with E-state index in [0.717, 1.165) is 6.42 Å². The molecule has 2 N–H and O–H groups in total. The third-order valence-electron chi connectivity index (χ3n) is 1.75. The minimum Gasteiger partial charge on any atom is -0.315 e. The number of urea groups is 1. The molecule has 0 bridgehead atoms. The van der Waals surface area contributed by atoms with E-state index in [1.807, 2.05) is 6.92 Å². The predicted octanol–water partition coefficient (Wildman–Crippen LogP) is 3.52. The smallest absolute Gasteiger partial charge is 0.315 e. The number of halogens is 2. The van der Waals surface area contributed by atoms with Crippen molar-refractivity contribution in [1.82, 2.24) is 5.32 Å². The second-order valence-electron chi connectivity index (χ2n) is 3.04. The van der Waals surface area contributed by atoms with E-state index >= 15 is 0 Å². The molecule has 0 aliphatic heterocycles. The number of carbonyl (C=O) groups excluding carboxylic acids is 1. The van der Waals surface area contributed by atoms with Gasteiger partial charge in [0.05, 0.1) is 5.02 Å². The molecule has 86 valence electrons. The minimum atomic E-state index is -0.515. The van der Waals surface area contributed by atoms with Gasteiger partial charge in [0.2, 0.25) is 0 Å². The zero-order valence-electron chi connectivity index (χ0n) is 8.76. The molecule has 2 amide bonds. The van der Waals surface area contributed by atoms with Gasteiger partial charge in [0.1, 0.15) is 5.82 Å². The van der Waals surface area contributed by atoms with Crippen LogP contribution in [0.4, 0.5) is 14.9 Å². The monoisotopic (exact) mass is 242 g/mol. The van der Waals surface area contributed by atoms with Crippen molar-refractivity contribution in [1.29, 1.82) is 0 Å². The van der Waals surface area contributed by atoms with Gasteiger partial charge in [-0.25, -0.2) is 9.18 Å². The van der Waals surface area contributed by atoms with Crippen molar-refractivity contribution in [2.24, 2.45) is 0 Å². The summed E-state index contributed by atoms with van der Waals surface area (Å²) < 4.78 is 12.8. The zero-order valence-corrected chi connectivity index (χ0v) is 9.51. The highest BCUT2D eigenvalue weighted by Crippen LogP contribution is 2.19. The molecule has 0 saturated heterocycles. The number of amides is 2. The summed E-state index contributed by atoms with van der Waals surface area (Å²) in [6, 6.07) is 3.58. The third-order valence-corrected chi connectivity index (χ3v) is 2.04. The van der Waals surface area contributed by atoms with Gasteiger partial charge in [-0.15, -0.1) is 0 Å². The number of anilines is 1. The molecule has 1 rings (SSSR count). The first-order valence-electron chi connectivity index (χ1n) is 4.81. The molecular formula is C11H12ClFN2O. The van der Waals surface area contributed by atoms with Gasteiger partial charge < -0.3 is 10.6 Å². The van der Waals surface area contributed by atoms with Crippen LogP contribution in [-0.4, -0.2) is 6.03 Å². The highest BCUT2D eigenvalue weighted by Gasteiger charge is 2.03. The lowest BCUT2D eigenvalue weighted by Gasteiger charge is -2.05. The Bertz CT molecular complexity index is 407. The average Bonchev–Trinajstić information content (AvgIpc) is 2.24. The molecule has 0 atom stereocenters. The first-order valence-corrected chi connectivity index (χ1v) is 5.19. The van der Waals surface area contributed by atoms with Gasteiger partial charge in [0.25, 0.3) is 0 Å². The maximum Gasteiger partial charge on any atom is 0.323 e. The number of hydrogen-bond donors (Lipinski definition) is 2. The predicted molar refractivity (Wildman–Crippen MR) is 63.0 cm³/mol. The van der Waals surface area contributed by atoms with Crippen LogP contribution in [0.15, 0.2) is 30.5 Å². The second-order valence-corrected chi connectivity index (χ2v) is 3.45. The molecule has 0 aliphatic rings. The highest BCUT2D eigenvalue weighted by molar-refractivity contribution is 6.31. The molecule has 1 aromatic carbocycles.